The zero-order chi connectivity index (χ0) is 43.2. The number of aliphatic hydroxyl groups is 2. The number of unbranched alkanes of at least 4 members (excludes halogenated alkanes) is 8. The minimum Gasteiger partial charge on any atom is -0.462 e. The summed E-state index contributed by atoms with van der Waals surface area (Å²) in [4.78, 5) is 35.4. The van der Waals surface area contributed by atoms with E-state index in [0.717, 1.165) is 57.8 Å². The van der Waals surface area contributed by atoms with Crippen molar-refractivity contribution >= 4 is 19.8 Å². The summed E-state index contributed by atoms with van der Waals surface area (Å²) in [6.45, 7) is 3.91. The standard InChI is InChI=1S/C46H78NO10P/c1-6-8-10-12-14-15-16-17-18-19-20-21-22-24-30-36-45(50)54-40-44(41-56-58(52,53)55-39-38-47(3,4)5)57-46(51)37-31-35-43(49)34-29-26-25-28-33-42(48)32-27-23-13-11-9-7-2/h8,10,14-15,17-18,23,25-29,33-34,42-44,48-49H,6-7,9,11-13,16,19-22,24,30-32,35-41H2,1-5H3/p+1/b10-8-,15-14-,18-17-,26-25+,27-23-,33-28+,34-29-/t42-,43-,44+/m0/s1. The van der Waals surface area contributed by atoms with Crippen LogP contribution in [0.2, 0.25) is 0 Å². The number of aliphatic hydroxyl groups excluding tert-OH is 2. The van der Waals surface area contributed by atoms with Crippen molar-refractivity contribution < 1.29 is 52.3 Å². The van der Waals surface area contributed by atoms with Gasteiger partial charge in [-0.2, -0.15) is 0 Å². The molecule has 0 aliphatic carbocycles. The van der Waals surface area contributed by atoms with Gasteiger partial charge in [0.2, 0.25) is 0 Å². The quantitative estimate of drug-likeness (QED) is 0.0138. The molecule has 0 aliphatic heterocycles. The van der Waals surface area contributed by atoms with Gasteiger partial charge in [0.1, 0.15) is 19.8 Å². The van der Waals surface area contributed by atoms with Crippen LogP contribution in [0.4, 0.5) is 0 Å². The lowest BCUT2D eigenvalue weighted by atomic mass is 10.1. The zero-order valence-corrected chi connectivity index (χ0v) is 37.4. The molecule has 0 aliphatic rings. The van der Waals surface area contributed by atoms with E-state index >= 15 is 0 Å². The highest BCUT2D eigenvalue weighted by Crippen LogP contribution is 2.43. The van der Waals surface area contributed by atoms with Gasteiger partial charge < -0.3 is 29.1 Å². The van der Waals surface area contributed by atoms with Gasteiger partial charge in [-0.15, -0.1) is 0 Å². The number of carbonyl (C=O) groups excluding carboxylic acids is 2. The molecule has 0 aromatic carbocycles. The summed E-state index contributed by atoms with van der Waals surface area (Å²) in [5.41, 5.74) is 0. The third-order valence-electron chi connectivity index (χ3n) is 8.60. The molecule has 0 spiro atoms. The van der Waals surface area contributed by atoms with E-state index in [1.54, 1.807) is 36.5 Å². The van der Waals surface area contributed by atoms with Gasteiger partial charge in [0.15, 0.2) is 6.10 Å². The molecule has 332 valence electrons. The van der Waals surface area contributed by atoms with Crippen LogP contribution in [-0.2, 0) is 32.7 Å². The van der Waals surface area contributed by atoms with Gasteiger partial charge in [0, 0.05) is 12.8 Å². The van der Waals surface area contributed by atoms with E-state index in [-0.39, 0.29) is 26.1 Å². The highest BCUT2D eigenvalue weighted by molar-refractivity contribution is 7.47. The molecule has 0 heterocycles. The molecule has 1 unspecified atom stereocenters. The van der Waals surface area contributed by atoms with Gasteiger partial charge in [0.05, 0.1) is 40.0 Å². The number of allylic oxidation sites excluding steroid dienone is 11. The highest BCUT2D eigenvalue weighted by Gasteiger charge is 2.27. The number of rotatable bonds is 37. The number of nitrogens with zero attached hydrogens (tertiary/aromatic N) is 1. The third-order valence-corrected chi connectivity index (χ3v) is 9.58. The Labute approximate surface area is 351 Å². The van der Waals surface area contributed by atoms with Crippen molar-refractivity contribution in [1.82, 2.24) is 0 Å². The summed E-state index contributed by atoms with van der Waals surface area (Å²) >= 11 is 0. The number of quaternary nitrogens is 1. The molecule has 12 heteroatoms. The summed E-state index contributed by atoms with van der Waals surface area (Å²) in [5, 5.41) is 20.4. The lowest BCUT2D eigenvalue weighted by Crippen LogP contribution is -2.37. The second-order valence-electron chi connectivity index (χ2n) is 15.4. The zero-order valence-electron chi connectivity index (χ0n) is 36.5. The van der Waals surface area contributed by atoms with Gasteiger partial charge in [0.25, 0.3) is 0 Å². The Morgan fingerprint density at radius 2 is 1.24 bits per heavy atom. The Hall–Kier alpha value is -2.89. The predicted molar refractivity (Wildman–Crippen MR) is 236 cm³/mol. The maximum absolute atomic E-state index is 12.7. The van der Waals surface area contributed by atoms with Crippen LogP contribution >= 0.6 is 7.82 Å². The molecule has 0 rings (SSSR count). The summed E-state index contributed by atoms with van der Waals surface area (Å²) in [6, 6.07) is 0. The number of carbonyl (C=O) groups is 2. The first kappa shape index (κ1) is 55.1. The number of ether oxygens (including phenoxy) is 2. The van der Waals surface area contributed by atoms with Crippen molar-refractivity contribution in [3.8, 4) is 0 Å². The first-order chi connectivity index (χ1) is 27.8. The topological polar surface area (TPSA) is 149 Å². The molecule has 0 saturated carbocycles. The molecule has 0 saturated heterocycles. The molecule has 0 radical (unpaired) electrons. The van der Waals surface area contributed by atoms with E-state index in [0.29, 0.717) is 36.7 Å². The maximum Gasteiger partial charge on any atom is 0.472 e. The number of phosphoric ester groups is 1. The fraction of sp³-hybridized carbons (Fsp3) is 0.652. The molecule has 58 heavy (non-hydrogen) atoms. The van der Waals surface area contributed by atoms with Crippen molar-refractivity contribution in [2.24, 2.45) is 0 Å². The Bertz CT molecular complexity index is 1300. The Kier molecular flexibility index (Phi) is 35.3. The summed E-state index contributed by atoms with van der Waals surface area (Å²) in [5.74, 6) is -1.07. The van der Waals surface area contributed by atoms with Crippen molar-refractivity contribution in [2.45, 2.75) is 148 Å². The van der Waals surface area contributed by atoms with Gasteiger partial charge >= 0.3 is 19.8 Å². The lowest BCUT2D eigenvalue weighted by molar-refractivity contribution is -0.870. The van der Waals surface area contributed by atoms with Crippen LogP contribution in [0, 0.1) is 0 Å². The normalized spacial score (nSPS) is 15.5. The molecule has 0 aromatic heterocycles. The van der Waals surface area contributed by atoms with Crippen molar-refractivity contribution in [3.63, 3.8) is 0 Å². The summed E-state index contributed by atoms with van der Waals surface area (Å²) in [6.07, 6.45) is 39.8. The van der Waals surface area contributed by atoms with E-state index in [1.807, 2.05) is 27.2 Å². The molecular weight excluding hydrogens is 757 g/mol. The molecule has 0 bridgehead atoms. The number of hydrogen-bond donors (Lipinski definition) is 3. The summed E-state index contributed by atoms with van der Waals surface area (Å²) in [7, 11) is 1.29. The van der Waals surface area contributed by atoms with Crippen molar-refractivity contribution in [3.05, 3.63) is 85.1 Å². The van der Waals surface area contributed by atoms with Gasteiger partial charge in [-0.25, -0.2) is 4.57 Å². The first-order valence-corrected chi connectivity index (χ1v) is 23.0. The predicted octanol–water partition coefficient (Wildman–Crippen LogP) is 9.96. The van der Waals surface area contributed by atoms with Crippen LogP contribution in [0.3, 0.4) is 0 Å². The van der Waals surface area contributed by atoms with Crippen LogP contribution in [0.25, 0.3) is 0 Å². The molecule has 4 atom stereocenters. The molecule has 3 N–H and O–H groups in total. The number of hydrogen-bond acceptors (Lipinski definition) is 9. The van der Waals surface area contributed by atoms with Crippen LogP contribution in [0.1, 0.15) is 129 Å². The average molecular weight is 837 g/mol. The minimum atomic E-state index is -4.45. The molecule has 11 nitrogen and oxygen atoms in total. The fourth-order valence-corrected chi connectivity index (χ4v) is 5.90. The first-order valence-electron chi connectivity index (χ1n) is 21.5. The summed E-state index contributed by atoms with van der Waals surface area (Å²) < 4.78 is 34.0. The molecule has 0 amide bonds. The van der Waals surface area contributed by atoms with E-state index in [2.05, 4.69) is 56.4 Å². The average Bonchev–Trinajstić information content (AvgIpc) is 3.16. The van der Waals surface area contributed by atoms with E-state index in [9.17, 15) is 29.3 Å². The Morgan fingerprint density at radius 1 is 0.655 bits per heavy atom. The van der Waals surface area contributed by atoms with Gasteiger partial charge in [-0.3, -0.25) is 18.6 Å². The van der Waals surface area contributed by atoms with Gasteiger partial charge in [-0.1, -0.05) is 131 Å². The highest BCUT2D eigenvalue weighted by atomic mass is 31.2. The van der Waals surface area contributed by atoms with Crippen LogP contribution in [0.5, 0.6) is 0 Å². The molecular formula is C46H79NO10P+. The second-order valence-corrected chi connectivity index (χ2v) is 16.8. The minimum absolute atomic E-state index is 0.0219. The van der Waals surface area contributed by atoms with E-state index in [1.165, 1.54) is 19.3 Å². The van der Waals surface area contributed by atoms with E-state index < -0.39 is 44.7 Å². The van der Waals surface area contributed by atoms with Crippen LogP contribution in [-0.4, -0.2) is 97.3 Å². The van der Waals surface area contributed by atoms with Crippen molar-refractivity contribution in [1.29, 1.82) is 0 Å². The monoisotopic (exact) mass is 837 g/mol. The second kappa shape index (κ2) is 37.1. The SMILES string of the molecule is CC/C=C\C/C=C\C/C=C\CCCCCCCC(=O)OC[C@H](COP(=O)(O)OCC[N+](C)(C)C)OC(=O)CCC[C@@H](O)\C=C/C=C/C=C/[C@@H](O)C/C=C\CCCCC. The smallest absolute Gasteiger partial charge is 0.462 e. The number of esters is 2. The van der Waals surface area contributed by atoms with Crippen LogP contribution in [0.15, 0.2) is 85.1 Å². The van der Waals surface area contributed by atoms with Gasteiger partial charge in [-0.05, 0) is 70.6 Å². The maximum atomic E-state index is 12.7. The lowest BCUT2D eigenvalue weighted by Gasteiger charge is -2.24. The third kappa shape index (κ3) is 39.9. The molecule has 0 aromatic rings. The fourth-order valence-electron chi connectivity index (χ4n) is 5.16. The van der Waals surface area contributed by atoms with Crippen LogP contribution < -0.4 is 0 Å². The Balaban J connectivity index is 4.69. The van der Waals surface area contributed by atoms with E-state index in [4.69, 9.17) is 18.5 Å². The largest absolute Gasteiger partial charge is 0.472 e. The number of phosphoric acid groups is 1. The number of likely N-dealkylation sites (N-methyl/N-ethyl adjacent to an activating group) is 1. The Morgan fingerprint density at radius 3 is 1.91 bits per heavy atom. The van der Waals surface area contributed by atoms with Crippen molar-refractivity contribution in [2.75, 3.05) is 47.5 Å². The molecule has 0 fully saturated rings.